The summed E-state index contributed by atoms with van der Waals surface area (Å²) in [4.78, 5) is 84.2. The predicted molar refractivity (Wildman–Crippen MR) is 184 cm³/mol. The molecular formula is C37H39N7O7. The van der Waals surface area contributed by atoms with Crippen molar-refractivity contribution in [2.45, 2.75) is 70.4 Å². The smallest absolute Gasteiger partial charge is 0.333 e. The van der Waals surface area contributed by atoms with E-state index >= 15 is 0 Å². The van der Waals surface area contributed by atoms with Crippen molar-refractivity contribution in [3.63, 3.8) is 0 Å². The lowest BCUT2D eigenvalue weighted by Crippen LogP contribution is -2.37. The van der Waals surface area contributed by atoms with Crippen LogP contribution in [0.4, 0.5) is 10.5 Å². The van der Waals surface area contributed by atoms with Crippen LogP contribution in [0.5, 0.6) is 0 Å². The molecule has 51 heavy (non-hydrogen) atoms. The molecule has 3 aliphatic heterocycles. The largest absolute Gasteiger partial charge is 0.356 e. The summed E-state index contributed by atoms with van der Waals surface area (Å²) in [5, 5.41) is 12.6. The number of urea groups is 1. The highest BCUT2D eigenvalue weighted by molar-refractivity contribution is 6.09. The number of hydrogen-bond donors (Lipinski definition) is 2. The number of carbonyl (C=O) groups excluding carboxylic acids is 6. The number of hydrogen-bond acceptors (Lipinski definition) is 9. The average molecular weight is 694 g/mol. The van der Waals surface area contributed by atoms with Crippen molar-refractivity contribution in [1.29, 1.82) is 0 Å². The van der Waals surface area contributed by atoms with Crippen molar-refractivity contribution < 1.29 is 33.6 Å². The Labute approximate surface area is 294 Å². The molecule has 264 valence electrons. The molecule has 0 spiro atoms. The number of nitrogens with zero attached hydrogens (tertiary/aromatic N) is 5. The second-order valence-corrected chi connectivity index (χ2v) is 12.6. The van der Waals surface area contributed by atoms with Gasteiger partial charge in [-0.05, 0) is 59.7 Å². The van der Waals surface area contributed by atoms with Gasteiger partial charge in [-0.1, -0.05) is 42.5 Å². The number of hydrazone groups is 1. The SMILES string of the molecule is O=C(CCCC(=O)ON1C(=O)CCC1=O)NCCCCN1N=C(c2ccc(NC(=O)N3Cc4ccncc4C3)cc2)C(c2ccccc2)CC1=O. The zero-order valence-electron chi connectivity index (χ0n) is 28.1. The molecule has 14 heteroatoms. The molecule has 2 aromatic carbocycles. The molecule has 3 aliphatic rings. The van der Waals surface area contributed by atoms with E-state index < -0.39 is 17.8 Å². The maximum atomic E-state index is 13.2. The molecule has 1 unspecified atom stereocenters. The third kappa shape index (κ3) is 8.82. The number of benzene rings is 2. The van der Waals surface area contributed by atoms with E-state index in [1.54, 1.807) is 17.3 Å². The Bertz CT molecular complexity index is 1790. The molecule has 14 nitrogen and oxygen atoms in total. The molecule has 1 atom stereocenters. The Hall–Kier alpha value is -5.92. The van der Waals surface area contributed by atoms with Crippen LogP contribution < -0.4 is 10.6 Å². The van der Waals surface area contributed by atoms with Gasteiger partial charge in [-0.15, -0.1) is 5.06 Å². The number of imide groups is 1. The second kappa shape index (κ2) is 16.2. The fraction of sp³-hybridized carbons (Fsp3) is 0.351. The van der Waals surface area contributed by atoms with Crippen LogP contribution >= 0.6 is 0 Å². The predicted octanol–water partition coefficient (Wildman–Crippen LogP) is 4.02. The summed E-state index contributed by atoms with van der Waals surface area (Å²) in [5.74, 6) is -2.40. The van der Waals surface area contributed by atoms with Crippen molar-refractivity contribution in [2.24, 2.45) is 5.10 Å². The molecule has 0 aliphatic carbocycles. The Morgan fingerprint density at radius 1 is 0.824 bits per heavy atom. The fourth-order valence-electron chi connectivity index (χ4n) is 6.22. The summed E-state index contributed by atoms with van der Waals surface area (Å²) in [5.41, 5.74) is 5.36. The maximum Gasteiger partial charge on any atom is 0.333 e. The highest BCUT2D eigenvalue weighted by atomic mass is 16.7. The lowest BCUT2D eigenvalue weighted by atomic mass is 9.86. The van der Waals surface area contributed by atoms with E-state index in [0.717, 1.165) is 28.0 Å². The molecule has 0 bridgehead atoms. The number of aromatic nitrogens is 1. The minimum absolute atomic E-state index is 0.0204. The minimum Gasteiger partial charge on any atom is -0.356 e. The Morgan fingerprint density at radius 2 is 1.57 bits per heavy atom. The van der Waals surface area contributed by atoms with Crippen LogP contribution in [0.15, 0.2) is 78.2 Å². The lowest BCUT2D eigenvalue weighted by Gasteiger charge is -2.30. The highest BCUT2D eigenvalue weighted by Gasteiger charge is 2.33. The summed E-state index contributed by atoms with van der Waals surface area (Å²) in [6.07, 6.45) is 5.22. The third-order valence-electron chi connectivity index (χ3n) is 8.98. The highest BCUT2D eigenvalue weighted by Crippen LogP contribution is 2.31. The molecule has 0 radical (unpaired) electrons. The Balaban J connectivity index is 0.992. The van der Waals surface area contributed by atoms with Crippen LogP contribution in [0.1, 0.15) is 79.5 Å². The third-order valence-corrected chi connectivity index (χ3v) is 8.98. The van der Waals surface area contributed by atoms with Crippen LogP contribution in [0.2, 0.25) is 0 Å². The van der Waals surface area contributed by atoms with Gasteiger partial charge in [0.05, 0.1) is 5.71 Å². The number of anilines is 1. The molecule has 1 fully saturated rings. The fourth-order valence-corrected chi connectivity index (χ4v) is 6.22. The van der Waals surface area contributed by atoms with Gasteiger partial charge in [0, 0.05) is 82.3 Å². The molecule has 6 amide bonds. The molecule has 1 saturated heterocycles. The number of rotatable bonds is 13. The van der Waals surface area contributed by atoms with E-state index in [2.05, 4.69) is 15.6 Å². The summed E-state index contributed by atoms with van der Waals surface area (Å²) >= 11 is 0. The maximum absolute atomic E-state index is 13.2. The van der Waals surface area contributed by atoms with Gasteiger partial charge in [0.2, 0.25) is 11.8 Å². The van der Waals surface area contributed by atoms with Crippen molar-refractivity contribution in [2.75, 3.05) is 18.4 Å². The average Bonchev–Trinajstić information content (AvgIpc) is 3.72. The van der Waals surface area contributed by atoms with Crippen LogP contribution in [-0.4, -0.2) is 74.4 Å². The van der Waals surface area contributed by atoms with Gasteiger partial charge in [0.25, 0.3) is 11.8 Å². The van der Waals surface area contributed by atoms with Crippen LogP contribution in [-0.2, 0) is 41.9 Å². The molecule has 0 saturated carbocycles. The van der Waals surface area contributed by atoms with Gasteiger partial charge in [0.15, 0.2) is 0 Å². The Morgan fingerprint density at radius 3 is 2.31 bits per heavy atom. The van der Waals surface area contributed by atoms with E-state index in [4.69, 9.17) is 9.94 Å². The molecular weight excluding hydrogens is 654 g/mol. The first kappa shape index (κ1) is 34.9. The second-order valence-electron chi connectivity index (χ2n) is 12.6. The quantitative estimate of drug-likeness (QED) is 0.200. The summed E-state index contributed by atoms with van der Waals surface area (Å²) < 4.78 is 0. The molecule has 6 rings (SSSR count). The number of pyridine rings is 1. The summed E-state index contributed by atoms with van der Waals surface area (Å²) in [6, 6.07) is 19.0. The van der Waals surface area contributed by atoms with E-state index in [-0.39, 0.29) is 62.3 Å². The number of carbonyl (C=O) groups is 6. The van der Waals surface area contributed by atoms with Gasteiger partial charge in [0.1, 0.15) is 0 Å². The topological polar surface area (TPSA) is 171 Å². The summed E-state index contributed by atoms with van der Waals surface area (Å²) in [6.45, 7) is 1.80. The summed E-state index contributed by atoms with van der Waals surface area (Å²) in [7, 11) is 0. The first-order chi connectivity index (χ1) is 24.7. The van der Waals surface area contributed by atoms with E-state index in [9.17, 15) is 28.8 Å². The van der Waals surface area contributed by atoms with Gasteiger partial charge < -0.3 is 20.4 Å². The van der Waals surface area contributed by atoms with Gasteiger partial charge in [-0.25, -0.2) is 14.6 Å². The zero-order valence-corrected chi connectivity index (χ0v) is 28.1. The minimum atomic E-state index is -0.739. The van der Waals surface area contributed by atoms with Crippen LogP contribution in [0.25, 0.3) is 0 Å². The number of unbranched alkanes of at least 4 members (excludes halogenated alkanes) is 1. The molecule has 4 heterocycles. The van der Waals surface area contributed by atoms with E-state index in [1.165, 1.54) is 5.01 Å². The molecule has 2 N–H and O–H groups in total. The standard InChI is InChI=1S/C37H39N7O7/c45-31(9-6-10-35(49)51-44-32(46)15-16-33(44)47)39-18-4-5-20-43-34(48)21-30(25-7-2-1-3-8-25)36(41-43)26-11-13-29(14-12-26)40-37(50)42-23-27-17-19-38-22-28(27)24-42/h1-3,7-8,11-14,17,19,22,30H,4-6,9-10,15-16,18,20-21,23-24H2,(H,39,45)(H,40,50). The number of nitrogens with one attached hydrogen (secondary N) is 2. The van der Waals surface area contributed by atoms with Gasteiger partial charge >= 0.3 is 12.0 Å². The van der Waals surface area contributed by atoms with Crippen molar-refractivity contribution in [1.82, 2.24) is 25.3 Å². The first-order valence-electron chi connectivity index (χ1n) is 17.1. The van der Waals surface area contributed by atoms with E-state index in [0.29, 0.717) is 49.8 Å². The van der Waals surface area contributed by atoms with Crippen LogP contribution in [0, 0.1) is 0 Å². The molecule has 1 aromatic heterocycles. The van der Waals surface area contributed by atoms with Crippen molar-refractivity contribution >= 4 is 47.0 Å². The normalized spacial score (nSPS) is 16.9. The van der Waals surface area contributed by atoms with Gasteiger partial charge in [-0.3, -0.25) is 24.2 Å². The number of hydroxylamine groups is 2. The van der Waals surface area contributed by atoms with E-state index in [1.807, 2.05) is 60.7 Å². The lowest BCUT2D eigenvalue weighted by molar-refractivity contribution is -0.197. The van der Waals surface area contributed by atoms with Gasteiger partial charge in [-0.2, -0.15) is 5.10 Å². The monoisotopic (exact) mass is 693 g/mol. The first-order valence-corrected chi connectivity index (χ1v) is 17.1. The molecule has 3 aromatic rings. The number of fused-ring (bicyclic) bond motifs is 1. The zero-order chi connectivity index (χ0) is 35.7. The number of amides is 6. The van der Waals surface area contributed by atoms with Crippen molar-refractivity contribution in [3.8, 4) is 0 Å². The Kier molecular flexibility index (Phi) is 11.1. The van der Waals surface area contributed by atoms with Crippen LogP contribution in [0.3, 0.4) is 0 Å². The van der Waals surface area contributed by atoms with Crippen molar-refractivity contribution in [3.05, 3.63) is 95.3 Å².